The van der Waals surface area contributed by atoms with Gasteiger partial charge in [0.2, 0.25) is 11.9 Å². The molecule has 0 radical (unpaired) electrons. The summed E-state index contributed by atoms with van der Waals surface area (Å²) in [5.74, 6) is -0.702. The molecule has 1 fully saturated rings. The number of rotatable bonds is 5. The average molecular weight is 414 g/mol. The number of aromatic carboxylic acids is 1. The van der Waals surface area contributed by atoms with Gasteiger partial charge in [-0.25, -0.2) is 29.5 Å². The highest BCUT2D eigenvalue weighted by Gasteiger charge is 2.37. The lowest BCUT2D eigenvalue weighted by molar-refractivity contribution is -0.156. The Hall–Kier alpha value is -3.30. The molecule has 1 atom stereocenters. The molecule has 0 saturated carbocycles. The first-order valence-corrected chi connectivity index (χ1v) is 9.78. The van der Waals surface area contributed by atoms with E-state index in [-0.39, 0.29) is 11.5 Å². The molecular weight excluding hydrogens is 388 g/mol. The highest BCUT2D eigenvalue weighted by molar-refractivity contribution is 5.87. The monoisotopic (exact) mass is 414 g/mol. The van der Waals surface area contributed by atoms with Crippen LogP contribution >= 0.6 is 0 Å². The minimum absolute atomic E-state index is 0.0179. The number of piperazine rings is 1. The Morgan fingerprint density at radius 3 is 2.20 bits per heavy atom. The molecule has 1 aliphatic heterocycles. The van der Waals surface area contributed by atoms with Crippen LogP contribution in [0.25, 0.3) is 0 Å². The molecule has 0 amide bonds. The first-order chi connectivity index (χ1) is 14.2. The minimum atomic E-state index is -1.11. The van der Waals surface area contributed by atoms with Crippen molar-refractivity contribution in [1.82, 2.24) is 19.9 Å². The zero-order valence-electron chi connectivity index (χ0n) is 17.6. The van der Waals surface area contributed by atoms with Gasteiger partial charge >= 0.3 is 11.9 Å². The third-order valence-corrected chi connectivity index (χ3v) is 4.58. The maximum absolute atomic E-state index is 13.0. The van der Waals surface area contributed by atoms with Crippen LogP contribution in [0.4, 0.5) is 11.9 Å². The molecule has 3 heterocycles. The fraction of sp³-hybridized carbons (Fsp3) is 0.500. The molecule has 2 aromatic rings. The Balaban J connectivity index is 1.86. The summed E-state index contributed by atoms with van der Waals surface area (Å²) in [7, 11) is 0. The Bertz CT molecular complexity index is 895. The van der Waals surface area contributed by atoms with Crippen molar-refractivity contribution in [3.63, 3.8) is 0 Å². The lowest BCUT2D eigenvalue weighted by atomic mass is 10.1. The van der Waals surface area contributed by atoms with Crippen molar-refractivity contribution in [1.29, 1.82) is 0 Å². The number of carboxylic acids is 1. The quantitative estimate of drug-likeness (QED) is 0.721. The molecular formula is C20H26N6O4. The summed E-state index contributed by atoms with van der Waals surface area (Å²) in [5, 5.41) is 9.06. The van der Waals surface area contributed by atoms with Crippen molar-refractivity contribution >= 4 is 23.8 Å². The first-order valence-electron chi connectivity index (χ1n) is 9.78. The SMILES string of the molecule is CCc1cnc(N2CCN(c3ncc(C(=O)O)cn3)[C@@H](C(=O)OC(C)(C)C)C2)nc1. The van der Waals surface area contributed by atoms with Crippen LogP contribution in [0.1, 0.15) is 43.6 Å². The van der Waals surface area contributed by atoms with Gasteiger partial charge in [0, 0.05) is 37.9 Å². The molecule has 160 valence electrons. The van der Waals surface area contributed by atoms with E-state index in [9.17, 15) is 9.59 Å². The summed E-state index contributed by atoms with van der Waals surface area (Å²) in [6, 6.07) is -0.692. The van der Waals surface area contributed by atoms with Crippen LogP contribution < -0.4 is 9.80 Å². The Labute approximate surface area is 174 Å². The number of ether oxygens (including phenoxy) is 1. The molecule has 1 saturated heterocycles. The van der Waals surface area contributed by atoms with Crippen molar-refractivity contribution in [3.05, 3.63) is 35.9 Å². The lowest BCUT2D eigenvalue weighted by Crippen LogP contribution is -2.58. The van der Waals surface area contributed by atoms with Crippen molar-refractivity contribution in [2.75, 3.05) is 29.4 Å². The zero-order valence-corrected chi connectivity index (χ0v) is 17.6. The molecule has 10 nitrogen and oxygen atoms in total. The van der Waals surface area contributed by atoms with Gasteiger partial charge in [-0.2, -0.15) is 0 Å². The van der Waals surface area contributed by atoms with Crippen LogP contribution in [0.5, 0.6) is 0 Å². The molecule has 0 aliphatic carbocycles. The smallest absolute Gasteiger partial charge is 0.338 e. The highest BCUT2D eigenvalue weighted by Crippen LogP contribution is 2.22. The molecule has 0 spiro atoms. The first kappa shape index (κ1) is 21.4. The second kappa shape index (κ2) is 8.60. The number of aromatic nitrogens is 4. The van der Waals surface area contributed by atoms with E-state index in [4.69, 9.17) is 9.84 Å². The normalized spacial score (nSPS) is 17.0. The van der Waals surface area contributed by atoms with Gasteiger partial charge in [0.05, 0.1) is 12.1 Å². The van der Waals surface area contributed by atoms with Crippen molar-refractivity contribution < 1.29 is 19.4 Å². The van der Waals surface area contributed by atoms with Crippen LogP contribution in [-0.4, -0.2) is 68.3 Å². The molecule has 0 aromatic carbocycles. The van der Waals surface area contributed by atoms with E-state index < -0.39 is 23.6 Å². The van der Waals surface area contributed by atoms with Gasteiger partial charge < -0.3 is 19.6 Å². The van der Waals surface area contributed by atoms with E-state index in [1.54, 1.807) is 38.1 Å². The standard InChI is InChI=1S/C20H26N6O4/c1-5-13-8-21-18(22-9-13)25-6-7-26(15(12-25)17(29)30-20(2,3)4)19-23-10-14(11-24-19)16(27)28/h8-11,15H,5-7,12H2,1-4H3,(H,27,28)/t15-/m1/s1. The number of carbonyl (C=O) groups excluding carboxylic acids is 1. The number of anilines is 2. The van der Waals surface area contributed by atoms with Crippen molar-refractivity contribution in [2.45, 2.75) is 45.8 Å². The van der Waals surface area contributed by atoms with Gasteiger partial charge in [0.1, 0.15) is 11.6 Å². The summed E-state index contributed by atoms with van der Waals surface area (Å²) in [4.78, 5) is 44.8. The number of nitrogens with zero attached hydrogens (tertiary/aromatic N) is 6. The Kier molecular flexibility index (Phi) is 6.14. The molecule has 0 bridgehead atoms. The highest BCUT2D eigenvalue weighted by atomic mass is 16.6. The summed E-state index contributed by atoms with van der Waals surface area (Å²) in [6.45, 7) is 8.72. The van der Waals surface area contributed by atoms with E-state index in [0.29, 0.717) is 25.6 Å². The predicted molar refractivity (Wildman–Crippen MR) is 110 cm³/mol. The number of hydrogen-bond acceptors (Lipinski definition) is 9. The van der Waals surface area contributed by atoms with E-state index in [1.165, 1.54) is 12.4 Å². The van der Waals surface area contributed by atoms with Crippen LogP contribution in [0, 0.1) is 0 Å². The van der Waals surface area contributed by atoms with E-state index in [1.807, 2.05) is 11.8 Å². The molecule has 2 aromatic heterocycles. The average Bonchev–Trinajstić information content (AvgIpc) is 2.72. The molecule has 1 N–H and O–H groups in total. The molecule has 3 rings (SSSR count). The summed E-state index contributed by atoms with van der Waals surface area (Å²) in [5.41, 5.74) is 0.363. The predicted octanol–water partition coefficient (Wildman–Crippen LogP) is 1.56. The minimum Gasteiger partial charge on any atom is -0.478 e. The van der Waals surface area contributed by atoms with Crippen LogP contribution in [0.15, 0.2) is 24.8 Å². The van der Waals surface area contributed by atoms with Gasteiger partial charge in [-0.3, -0.25) is 0 Å². The number of aryl methyl sites for hydroxylation is 1. The van der Waals surface area contributed by atoms with E-state index >= 15 is 0 Å². The second-order valence-electron chi connectivity index (χ2n) is 8.01. The van der Waals surface area contributed by atoms with Crippen molar-refractivity contribution in [2.24, 2.45) is 0 Å². The number of hydrogen-bond donors (Lipinski definition) is 1. The Morgan fingerprint density at radius 1 is 1.07 bits per heavy atom. The lowest BCUT2D eigenvalue weighted by Gasteiger charge is -2.40. The molecule has 30 heavy (non-hydrogen) atoms. The van der Waals surface area contributed by atoms with Gasteiger partial charge in [-0.1, -0.05) is 6.92 Å². The largest absolute Gasteiger partial charge is 0.478 e. The summed E-state index contributed by atoms with van der Waals surface area (Å²) in [6.07, 6.45) is 6.87. The fourth-order valence-electron chi connectivity index (χ4n) is 3.05. The topological polar surface area (TPSA) is 122 Å². The van der Waals surface area contributed by atoms with Crippen LogP contribution in [0.3, 0.4) is 0 Å². The van der Waals surface area contributed by atoms with E-state index in [2.05, 4.69) is 19.9 Å². The van der Waals surface area contributed by atoms with Crippen LogP contribution in [-0.2, 0) is 16.0 Å². The second-order valence-corrected chi connectivity index (χ2v) is 8.01. The van der Waals surface area contributed by atoms with E-state index in [0.717, 1.165) is 12.0 Å². The molecule has 0 unspecified atom stereocenters. The third kappa shape index (κ3) is 5.00. The number of carbonyl (C=O) groups is 2. The van der Waals surface area contributed by atoms with Gasteiger partial charge in [0.15, 0.2) is 0 Å². The Morgan fingerprint density at radius 2 is 1.67 bits per heavy atom. The zero-order chi connectivity index (χ0) is 21.9. The number of carboxylic acid groups (broad SMARTS) is 1. The third-order valence-electron chi connectivity index (χ3n) is 4.58. The van der Waals surface area contributed by atoms with Gasteiger partial charge in [-0.15, -0.1) is 0 Å². The van der Waals surface area contributed by atoms with Crippen molar-refractivity contribution in [3.8, 4) is 0 Å². The van der Waals surface area contributed by atoms with Gasteiger partial charge in [0.25, 0.3) is 0 Å². The maximum Gasteiger partial charge on any atom is 0.338 e. The molecule has 10 heteroatoms. The fourth-order valence-corrected chi connectivity index (χ4v) is 3.05. The van der Waals surface area contributed by atoms with Gasteiger partial charge in [-0.05, 0) is 32.8 Å². The number of esters is 1. The van der Waals surface area contributed by atoms with Crippen LogP contribution in [0.2, 0.25) is 0 Å². The summed E-state index contributed by atoms with van der Waals surface area (Å²) >= 11 is 0. The molecule has 1 aliphatic rings. The summed E-state index contributed by atoms with van der Waals surface area (Å²) < 4.78 is 5.61. The maximum atomic E-state index is 13.0.